The summed E-state index contributed by atoms with van der Waals surface area (Å²) < 4.78 is 0. The van der Waals surface area contributed by atoms with Gasteiger partial charge in [-0.25, -0.2) is 4.79 Å². The molecule has 0 radical (unpaired) electrons. The van der Waals surface area contributed by atoms with Crippen LogP contribution in [0.15, 0.2) is 30.3 Å². The van der Waals surface area contributed by atoms with Crippen molar-refractivity contribution in [2.45, 2.75) is 13.8 Å². The molecule has 0 unspecified atom stereocenters. The summed E-state index contributed by atoms with van der Waals surface area (Å²) in [6.07, 6.45) is 0. The minimum Gasteiger partial charge on any atom is -0.308 e. The van der Waals surface area contributed by atoms with E-state index in [9.17, 15) is 4.79 Å². The standard InChI is InChI=1S/C12H14N4O/c1-8-9(2)15-16-11(8)14-12(17)13-10-6-4-3-5-7-10/h3-7H,1-2H3,(H3,13,14,15,16,17). The summed E-state index contributed by atoms with van der Waals surface area (Å²) in [6.45, 7) is 3.81. The second kappa shape index (κ2) is 4.69. The molecule has 1 heterocycles. The summed E-state index contributed by atoms with van der Waals surface area (Å²) in [7, 11) is 0. The fourth-order valence-corrected chi connectivity index (χ4v) is 1.40. The molecule has 0 saturated carbocycles. The molecular formula is C12H14N4O. The van der Waals surface area contributed by atoms with Gasteiger partial charge in [-0.05, 0) is 26.0 Å². The fraction of sp³-hybridized carbons (Fsp3) is 0.167. The van der Waals surface area contributed by atoms with Crippen molar-refractivity contribution in [2.75, 3.05) is 10.6 Å². The lowest BCUT2D eigenvalue weighted by atomic mass is 10.3. The maximum absolute atomic E-state index is 11.7. The normalized spacial score (nSPS) is 10.0. The highest BCUT2D eigenvalue weighted by Crippen LogP contribution is 2.14. The van der Waals surface area contributed by atoms with E-state index in [-0.39, 0.29) is 6.03 Å². The van der Waals surface area contributed by atoms with E-state index in [2.05, 4.69) is 20.8 Å². The minimum absolute atomic E-state index is 0.300. The number of carbonyl (C=O) groups excluding carboxylic acids is 1. The number of aromatic amines is 1. The van der Waals surface area contributed by atoms with Crippen molar-refractivity contribution >= 4 is 17.5 Å². The molecule has 0 aliphatic rings. The molecule has 0 saturated heterocycles. The van der Waals surface area contributed by atoms with Crippen LogP contribution < -0.4 is 10.6 Å². The number of amides is 2. The number of hydrogen-bond donors (Lipinski definition) is 3. The van der Waals surface area contributed by atoms with Crippen LogP contribution in [0, 0.1) is 13.8 Å². The van der Waals surface area contributed by atoms with E-state index in [0.717, 1.165) is 16.9 Å². The Kier molecular flexibility index (Phi) is 3.09. The molecule has 0 bridgehead atoms. The molecule has 2 amide bonds. The van der Waals surface area contributed by atoms with E-state index < -0.39 is 0 Å². The van der Waals surface area contributed by atoms with Crippen molar-refractivity contribution in [3.05, 3.63) is 41.6 Å². The van der Waals surface area contributed by atoms with Gasteiger partial charge in [0.15, 0.2) is 5.82 Å². The average molecular weight is 230 g/mol. The second-order valence-electron chi connectivity index (χ2n) is 3.77. The molecule has 3 N–H and O–H groups in total. The second-order valence-corrected chi connectivity index (χ2v) is 3.77. The van der Waals surface area contributed by atoms with Gasteiger partial charge in [-0.15, -0.1) is 0 Å². The Hall–Kier alpha value is -2.30. The van der Waals surface area contributed by atoms with Gasteiger partial charge in [-0.3, -0.25) is 10.4 Å². The highest BCUT2D eigenvalue weighted by atomic mass is 16.2. The first-order valence-corrected chi connectivity index (χ1v) is 5.31. The van der Waals surface area contributed by atoms with Gasteiger partial charge in [-0.2, -0.15) is 5.10 Å². The van der Waals surface area contributed by atoms with Crippen molar-refractivity contribution in [1.29, 1.82) is 0 Å². The van der Waals surface area contributed by atoms with Crippen LogP contribution in [0.3, 0.4) is 0 Å². The number of hydrogen-bond acceptors (Lipinski definition) is 2. The van der Waals surface area contributed by atoms with Crippen LogP contribution in [0.4, 0.5) is 16.3 Å². The first kappa shape index (κ1) is 11.2. The van der Waals surface area contributed by atoms with Gasteiger partial charge in [0.2, 0.25) is 0 Å². The summed E-state index contributed by atoms with van der Waals surface area (Å²) >= 11 is 0. The maximum Gasteiger partial charge on any atom is 0.324 e. The van der Waals surface area contributed by atoms with Crippen LogP contribution in [-0.4, -0.2) is 16.2 Å². The van der Waals surface area contributed by atoms with Crippen LogP contribution in [-0.2, 0) is 0 Å². The van der Waals surface area contributed by atoms with E-state index >= 15 is 0 Å². The third-order valence-corrected chi connectivity index (χ3v) is 2.52. The monoisotopic (exact) mass is 230 g/mol. The maximum atomic E-state index is 11.7. The zero-order valence-electron chi connectivity index (χ0n) is 9.74. The first-order chi connectivity index (χ1) is 8.16. The van der Waals surface area contributed by atoms with E-state index in [1.807, 2.05) is 44.2 Å². The van der Waals surface area contributed by atoms with Gasteiger partial charge < -0.3 is 5.32 Å². The van der Waals surface area contributed by atoms with E-state index in [1.54, 1.807) is 0 Å². The van der Waals surface area contributed by atoms with Gasteiger partial charge in [0.1, 0.15) is 0 Å². The highest BCUT2D eigenvalue weighted by molar-refractivity contribution is 5.99. The van der Waals surface area contributed by atoms with Crippen LogP contribution >= 0.6 is 0 Å². The molecule has 5 nitrogen and oxygen atoms in total. The van der Waals surface area contributed by atoms with E-state index in [0.29, 0.717) is 5.82 Å². The SMILES string of the molecule is Cc1[nH]nc(NC(=O)Nc2ccccc2)c1C. The van der Waals surface area contributed by atoms with Crippen molar-refractivity contribution in [3.8, 4) is 0 Å². The number of rotatable bonds is 2. The van der Waals surface area contributed by atoms with Gasteiger partial charge >= 0.3 is 6.03 Å². The number of urea groups is 1. The van der Waals surface area contributed by atoms with Gasteiger partial charge in [0.05, 0.1) is 0 Å². The highest BCUT2D eigenvalue weighted by Gasteiger charge is 2.08. The number of para-hydroxylation sites is 1. The Morgan fingerprint density at radius 2 is 1.88 bits per heavy atom. The zero-order chi connectivity index (χ0) is 12.3. The Morgan fingerprint density at radius 1 is 1.18 bits per heavy atom. The average Bonchev–Trinajstić information content (AvgIpc) is 2.62. The quantitative estimate of drug-likeness (QED) is 0.742. The van der Waals surface area contributed by atoms with Crippen LogP contribution in [0.5, 0.6) is 0 Å². The van der Waals surface area contributed by atoms with Gasteiger partial charge in [0.25, 0.3) is 0 Å². The number of aromatic nitrogens is 2. The number of aryl methyl sites for hydroxylation is 1. The lowest BCUT2D eigenvalue weighted by Gasteiger charge is -2.05. The third kappa shape index (κ3) is 2.63. The molecule has 2 rings (SSSR count). The van der Waals surface area contributed by atoms with Crippen LogP contribution in [0.1, 0.15) is 11.3 Å². The molecule has 0 spiro atoms. The van der Waals surface area contributed by atoms with Gasteiger partial charge in [0, 0.05) is 16.9 Å². The Bertz CT molecular complexity index is 519. The van der Waals surface area contributed by atoms with Crippen molar-refractivity contribution in [2.24, 2.45) is 0 Å². The fourth-order valence-electron chi connectivity index (χ4n) is 1.40. The van der Waals surface area contributed by atoms with Crippen molar-refractivity contribution < 1.29 is 4.79 Å². The predicted molar refractivity (Wildman–Crippen MR) is 67.1 cm³/mol. The number of H-pyrrole nitrogens is 1. The number of nitrogens with one attached hydrogen (secondary N) is 3. The lowest BCUT2D eigenvalue weighted by Crippen LogP contribution is -2.20. The lowest BCUT2D eigenvalue weighted by molar-refractivity contribution is 0.262. The summed E-state index contributed by atoms with van der Waals surface area (Å²) in [5.41, 5.74) is 2.63. The molecule has 0 atom stereocenters. The largest absolute Gasteiger partial charge is 0.324 e. The van der Waals surface area contributed by atoms with E-state index in [4.69, 9.17) is 0 Å². The Morgan fingerprint density at radius 3 is 2.47 bits per heavy atom. The summed E-state index contributed by atoms with van der Waals surface area (Å²) in [5.74, 6) is 0.552. The topological polar surface area (TPSA) is 69.8 Å². The Labute approximate surface area is 99.2 Å². The van der Waals surface area contributed by atoms with E-state index in [1.165, 1.54) is 0 Å². The molecule has 0 aliphatic carbocycles. The van der Waals surface area contributed by atoms with Crippen molar-refractivity contribution in [1.82, 2.24) is 10.2 Å². The molecule has 0 aliphatic heterocycles. The number of nitrogens with zero attached hydrogens (tertiary/aromatic N) is 1. The molecule has 88 valence electrons. The molecule has 1 aromatic carbocycles. The van der Waals surface area contributed by atoms with Crippen LogP contribution in [0.25, 0.3) is 0 Å². The molecule has 1 aromatic heterocycles. The number of carbonyl (C=O) groups is 1. The summed E-state index contributed by atoms with van der Waals surface area (Å²) in [5, 5.41) is 12.2. The number of benzene rings is 1. The minimum atomic E-state index is -0.300. The predicted octanol–water partition coefficient (Wildman–Crippen LogP) is 2.67. The molecule has 0 fully saturated rings. The molecule has 5 heteroatoms. The summed E-state index contributed by atoms with van der Waals surface area (Å²) in [6, 6.07) is 8.96. The van der Waals surface area contributed by atoms with Crippen LogP contribution in [0.2, 0.25) is 0 Å². The third-order valence-electron chi connectivity index (χ3n) is 2.52. The Balaban J connectivity index is 2.01. The molecule has 2 aromatic rings. The zero-order valence-corrected chi connectivity index (χ0v) is 9.74. The summed E-state index contributed by atoms with van der Waals surface area (Å²) in [4.78, 5) is 11.7. The number of anilines is 2. The van der Waals surface area contributed by atoms with Crippen molar-refractivity contribution in [3.63, 3.8) is 0 Å². The first-order valence-electron chi connectivity index (χ1n) is 5.31. The van der Waals surface area contributed by atoms with Gasteiger partial charge in [-0.1, -0.05) is 18.2 Å². The molecule has 17 heavy (non-hydrogen) atoms. The smallest absolute Gasteiger partial charge is 0.308 e. The molecular weight excluding hydrogens is 216 g/mol.